The Hall–Kier alpha value is -5.24. The number of nitrogens with zero attached hydrogens (tertiary/aromatic N) is 6. The number of nitrogen functional groups attached to an aromatic ring is 1. The Morgan fingerprint density at radius 3 is 2.43 bits per heavy atom. The van der Waals surface area contributed by atoms with E-state index in [0.29, 0.717) is 24.8 Å². The third-order valence-electron chi connectivity index (χ3n) is 9.93. The molecule has 51 heavy (non-hydrogen) atoms. The zero-order valence-electron chi connectivity index (χ0n) is 29.3. The van der Waals surface area contributed by atoms with Gasteiger partial charge in [0.05, 0.1) is 11.4 Å². The highest BCUT2D eigenvalue weighted by Gasteiger charge is 2.32. The molecule has 2 aliphatic heterocycles. The number of nitrogens with one attached hydrogen (secondary N) is 1. The van der Waals surface area contributed by atoms with Crippen molar-refractivity contribution in [1.82, 2.24) is 29.5 Å². The summed E-state index contributed by atoms with van der Waals surface area (Å²) in [6.07, 6.45) is 7.31. The second-order valence-electron chi connectivity index (χ2n) is 13.6. The smallest absolute Gasteiger partial charge is 0.164 e. The highest BCUT2D eigenvalue weighted by Crippen LogP contribution is 2.36. The van der Waals surface area contributed by atoms with Gasteiger partial charge in [-0.05, 0) is 106 Å². The molecular formula is C41H46N8O2. The number of piperidine rings is 1. The fraction of sp³-hybridized carbons (Fsp3) is 0.366. The Bertz CT molecular complexity index is 1970. The number of fused-ring (bicyclic) bond motifs is 1. The highest BCUT2D eigenvalue weighted by atomic mass is 16.5. The molecule has 1 unspecified atom stereocenters. The Labute approximate surface area is 300 Å². The van der Waals surface area contributed by atoms with Crippen LogP contribution in [-0.2, 0) is 4.79 Å². The molecule has 2 saturated heterocycles. The van der Waals surface area contributed by atoms with Crippen LogP contribution in [-0.4, -0.2) is 80.6 Å². The van der Waals surface area contributed by atoms with Gasteiger partial charge in [-0.3, -0.25) is 9.69 Å². The van der Waals surface area contributed by atoms with E-state index >= 15 is 0 Å². The number of Topliss-reactive ketones (excluding diaryl/α,β-unsaturated/α-hetero) is 1. The number of aromatic nitrogens is 4. The molecule has 0 amide bonds. The van der Waals surface area contributed by atoms with Crippen molar-refractivity contribution in [3.63, 3.8) is 0 Å². The zero-order valence-corrected chi connectivity index (χ0v) is 29.3. The number of nitrogens with two attached hydrogens (primary N) is 1. The van der Waals surface area contributed by atoms with Crippen LogP contribution in [0.4, 0.5) is 11.5 Å². The molecule has 3 aromatic carbocycles. The van der Waals surface area contributed by atoms with Crippen molar-refractivity contribution < 1.29 is 9.53 Å². The number of unbranched alkanes of at least 4 members (excludes halogenated alkanes) is 1. The number of rotatable bonds is 12. The number of ketones is 1. The number of hydrogen-bond acceptors (Lipinski definition) is 9. The van der Waals surface area contributed by atoms with Crippen LogP contribution < -0.4 is 15.8 Å². The summed E-state index contributed by atoms with van der Waals surface area (Å²) >= 11 is 0. The molecule has 0 aliphatic carbocycles. The van der Waals surface area contributed by atoms with Crippen molar-refractivity contribution in [2.24, 2.45) is 0 Å². The van der Waals surface area contributed by atoms with Crippen LogP contribution in [0.2, 0.25) is 0 Å². The van der Waals surface area contributed by atoms with Crippen molar-refractivity contribution in [3.8, 4) is 34.6 Å². The molecule has 0 spiro atoms. The van der Waals surface area contributed by atoms with E-state index in [2.05, 4.69) is 41.6 Å². The van der Waals surface area contributed by atoms with Gasteiger partial charge in [-0.1, -0.05) is 30.0 Å². The molecular weight excluding hydrogens is 637 g/mol. The monoisotopic (exact) mass is 682 g/mol. The number of carbonyl (C=O) groups excluding carboxylic acids is 1. The van der Waals surface area contributed by atoms with Crippen molar-refractivity contribution in [2.45, 2.75) is 57.5 Å². The lowest BCUT2D eigenvalue weighted by molar-refractivity contribution is -0.116. The summed E-state index contributed by atoms with van der Waals surface area (Å²) in [5.41, 5.74) is 11.0. The SMILES string of the molecule is CC(=O)CCNc1ccc(C#CCCCN2CCC(N3CCC(n4nc(-c5ccc(Oc6ccccc6)cc5)c5c(N)ncnc54)CC3)C2)cc1. The Balaban J connectivity index is 0.896. The number of benzene rings is 3. The zero-order chi connectivity index (χ0) is 35.0. The molecule has 0 saturated carbocycles. The molecule has 3 N–H and O–H groups in total. The fourth-order valence-electron chi connectivity index (χ4n) is 7.18. The molecule has 4 heterocycles. The van der Waals surface area contributed by atoms with Gasteiger partial charge in [-0.2, -0.15) is 5.10 Å². The van der Waals surface area contributed by atoms with Gasteiger partial charge < -0.3 is 20.7 Å². The quantitative estimate of drug-likeness (QED) is 0.108. The second-order valence-corrected chi connectivity index (χ2v) is 13.6. The first-order chi connectivity index (χ1) is 25.0. The first-order valence-electron chi connectivity index (χ1n) is 18.1. The van der Waals surface area contributed by atoms with Crippen LogP contribution in [0.25, 0.3) is 22.3 Å². The molecule has 262 valence electrons. The molecule has 0 bridgehead atoms. The number of anilines is 2. The summed E-state index contributed by atoms with van der Waals surface area (Å²) in [6, 6.07) is 26.7. The average Bonchev–Trinajstić information content (AvgIpc) is 3.79. The van der Waals surface area contributed by atoms with Gasteiger partial charge in [0.2, 0.25) is 0 Å². The first kappa shape index (κ1) is 34.2. The van der Waals surface area contributed by atoms with E-state index in [1.807, 2.05) is 78.9 Å². The number of likely N-dealkylation sites (tertiary alicyclic amines) is 2. The van der Waals surface area contributed by atoms with E-state index in [9.17, 15) is 4.79 Å². The van der Waals surface area contributed by atoms with Gasteiger partial charge in [0.15, 0.2) is 5.65 Å². The van der Waals surface area contributed by atoms with Gasteiger partial charge in [0, 0.05) is 61.9 Å². The summed E-state index contributed by atoms with van der Waals surface area (Å²) in [6.45, 7) is 7.72. The molecule has 1 atom stereocenters. The Morgan fingerprint density at radius 1 is 0.922 bits per heavy atom. The molecule has 10 heteroatoms. The average molecular weight is 683 g/mol. The maximum atomic E-state index is 11.1. The summed E-state index contributed by atoms with van der Waals surface area (Å²) in [4.78, 5) is 25.4. The Morgan fingerprint density at radius 2 is 1.67 bits per heavy atom. The van der Waals surface area contributed by atoms with Crippen LogP contribution in [0.15, 0.2) is 85.2 Å². The van der Waals surface area contributed by atoms with Crippen LogP contribution in [0.5, 0.6) is 11.5 Å². The lowest BCUT2D eigenvalue weighted by Crippen LogP contribution is -2.43. The van der Waals surface area contributed by atoms with E-state index in [1.54, 1.807) is 13.3 Å². The Kier molecular flexibility index (Phi) is 10.9. The minimum Gasteiger partial charge on any atom is -0.457 e. The van der Waals surface area contributed by atoms with Gasteiger partial charge in [-0.15, -0.1) is 0 Å². The largest absolute Gasteiger partial charge is 0.457 e. The number of para-hydroxylation sites is 1. The molecule has 0 radical (unpaired) electrons. The number of hydrogen-bond donors (Lipinski definition) is 2. The minimum atomic E-state index is 0.196. The fourth-order valence-corrected chi connectivity index (χ4v) is 7.18. The predicted octanol–water partition coefficient (Wildman–Crippen LogP) is 6.80. The van der Waals surface area contributed by atoms with Crippen LogP contribution >= 0.6 is 0 Å². The molecule has 2 aromatic heterocycles. The summed E-state index contributed by atoms with van der Waals surface area (Å²) in [7, 11) is 0. The summed E-state index contributed by atoms with van der Waals surface area (Å²) in [5.74, 6) is 8.86. The van der Waals surface area contributed by atoms with Crippen molar-refractivity contribution in [3.05, 3.63) is 90.8 Å². The summed E-state index contributed by atoms with van der Waals surface area (Å²) < 4.78 is 8.10. The topological polar surface area (TPSA) is 114 Å². The lowest BCUT2D eigenvalue weighted by Gasteiger charge is -2.36. The van der Waals surface area contributed by atoms with Gasteiger partial charge in [0.25, 0.3) is 0 Å². The third-order valence-corrected chi connectivity index (χ3v) is 9.93. The molecule has 7 rings (SSSR count). The molecule has 5 aromatic rings. The van der Waals surface area contributed by atoms with Crippen LogP contribution in [0.1, 0.15) is 57.1 Å². The van der Waals surface area contributed by atoms with E-state index in [4.69, 9.17) is 15.6 Å². The standard InChI is InChI=1S/C41H46N8O2/c1-30(50)19-23-43-33-15-11-31(12-16-33)8-4-3-7-24-47-25-20-35(28-47)48-26-21-34(22-27-48)49-41-38(40(42)44-29-45-41)39(46-49)32-13-17-37(18-14-32)51-36-9-5-2-6-10-36/h2,5-6,9-18,29,34-35,43H,3,7,19-28H2,1H3,(H2,42,44,45). The van der Waals surface area contributed by atoms with E-state index in [1.165, 1.54) is 6.42 Å². The first-order valence-corrected chi connectivity index (χ1v) is 18.1. The molecule has 10 nitrogen and oxygen atoms in total. The lowest BCUT2D eigenvalue weighted by atomic mass is 10.0. The van der Waals surface area contributed by atoms with Crippen molar-refractivity contribution >= 4 is 28.3 Å². The second kappa shape index (κ2) is 16.2. The van der Waals surface area contributed by atoms with Gasteiger partial charge in [-0.25, -0.2) is 14.6 Å². The highest BCUT2D eigenvalue weighted by molar-refractivity contribution is 5.98. The van der Waals surface area contributed by atoms with Crippen LogP contribution in [0, 0.1) is 11.8 Å². The number of carbonyl (C=O) groups is 1. The van der Waals surface area contributed by atoms with Crippen LogP contribution in [0.3, 0.4) is 0 Å². The van der Waals surface area contributed by atoms with Crippen molar-refractivity contribution in [1.29, 1.82) is 0 Å². The normalized spacial score (nSPS) is 16.9. The maximum Gasteiger partial charge on any atom is 0.164 e. The van der Waals surface area contributed by atoms with Crippen molar-refractivity contribution in [2.75, 3.05) is 50.3 Å². The molecule has 2 fully saturated rings. The minimum absolute atomic E-state index is 0.196. The number of ether oxygens (including phenoxy) is 1. The van der Waals surface area contributed by atoms with E-state index < -0.39 is 0 Å². The van der Waals surface area contributed by atoms with E-state index in [-0.39, 0.29) is 11.8 Å². The predicted molar refractivity (Wildman–Crippen MR) is 203 cm³/mol. The van der Waals surface area contributed by atoms with Gasteiger partial charge in [0.1, 0.15) is 35.1 Å². The molecule has 2 aliphatic rings. The third kappa shape index (κ3) is 8.56. The summed E-state index contributed by atoms with van der Waals surface area (Å²) in [5, 5.41) is 9.20. The van der Waals surface area contributed by atoms with Gasteiger partial charge >= 0.3 is 0 Å². The van der Waals surface area contributed by atoms with E-state index in [0.717, 1.165) is 103 Å². The maximum absolute atomic E-state index is 11.1.